The number of ether oxygens (including phenoxy) is 2. The summed E-state index contributed by atoms with van der Waals surface area (Å²) < 4.78 is 17.2. The van der Waals surface area contributed by atoms with Crippen LogP contribution in [0.4, 0.5) is 0 Å². The number of aromatic nitrogens is 9. The number of nitrogens with zero attached hydrogens (tertiary/aromatic N) is 10. The summed E-state index contributed by atoms with van der Waals surface area (Å²) in [5, 5.41) is 40.1. The van der Waals surface area contributed by atoms with Gasteiger partial charge < -0.3 is 14.6 Å². The van der Waals surface area contributed by atoms with Gasteiger partial charge in [0.25, 0.3) is 0 Å². The summed E-state index contributed by atoms with van der Waals surface area (Å²) in [5.74, 6) is 2.37. The highest BCUT2D eigenvalue weighted by molar-refractivity contribution is 5.82. The SMILES string of the molecule is Cc1cc(OCc2ccc(-c3ccccc3-c3nnnn3C(c3ccccc3)(c3ccccc3)c3ccccc3)cc2)c(OCC(O)CN(Cc2ccc(-c3ccccc3-c3nnnn3C(c3ccccc3)(c3ccccc3)c3ccccc3)cc2)C2CCCCC2)c(C)n1. The monoisotopic (exact) mass is 1250 g/mol. The number of aliphatic hydroxyl groups excluding tert-OH is 1. The van der Waals surface area contributed by atoms with Crippen LogP contribution in [0.25, 0.3) is 45.0 Å². The molecule has 13 aromatic rings. The molecule has 0 amide bonds. The van der Waals surface area contributed by atoms with E-state index in [0.717, 1.165) is 109 Å². The van der Waals surface area contributed by atoms with Crippen LogP contribution in [-0.4, -0.2) is 80.7 Å². The molecule has 1 saturated carbocycles. The molecule has 0 spiro atoms. The van der Waals surface area contributed by atoms with E-state index >= 15 is 0 Å². The first kappa shape index (κ1) is 61.5. The van der Waals surface area contributed by atoms with Crippen molar-refractivity contribution in [3.8, 4) is 56.5 Å². The fourth-order valence-corrected chi connectivity index (χ4v) is 14.2. The van der Waals surface area contributed by atoms with Crippen LogP contribution in [0, 0.1) is 13.8 Å². The Labute approximate surface area is 555 Å². The molecule has 0 radical (unpaired) electrons. The van der Waals surface area contributed by atoms with Crippen molar-refractivity contribution in [3.05, 3.63) is 341 Å². The molecule has 95 heavy (non-hydrogen) atoms. The number of pyridine rings is 1. The van der Waals surface area contributed by atoms with Gasteiger partial charge in [-0.3, -0.25) is 9.88 Å². The third-order valence-corrected chi connectivity index (χ3v) is 18.6. The Morgan fingerprint density at radius 1 is 0.453 bits per heavy atom. The van der Waals surface area contributed by atoms with E-state index < -0.39 is 17.2 Å². The quantitative estimate of drug-likeness (QED) is 0.0612. The highest BCUT2D eigenvalue weighted by Crippen LogP contribution is 2.46. The van der Waals surface area contributed by atoms with E-state index in [-0.39, 0.29) is 13.2 Å². The lowest BCUT2D eigenvalue weighted by molar-refractivity contribution is 0.0387. The minimum Gasteiger partial charge on any atom is -0.485 e. The van der Waals surface area contributed by atoms with E-state index in [1.807, 2.05) is 83.9 Å². The average Bonchev–Trinajstić information content (AvgIpc) is 1.73. The normalized spacial score (nSPS) is 13.2. The molecule has 3 aromatic heterocycles. The third-order valence-electron chi connectivity index (χ3n) is 18.6. The van der Waals surface area contributed by atoms with Crippen LogP contribution in [-0.2, 0) is 24.2 Å². The average molecular weight is 1250 g/mol. The predicted molar refractivity (Wildman–Crippen MR) is 373 cm³/mol. The number of benzene rings is 10. The second kappa shape index (κ2) is 28.1. The largest absolute Gasteiger partial charge is 0.485 e. The molecule has 1 aliphatic carbocycles. The second-order valence-corrected chi connectivity index (χ2v) is 24.6. The first-order chi connectivity index (χ1) is 46.9. The van der Waals surface area contributed by atoms with Crippen molar-refractivity contribution >= 4 is 0 Å². The van der Waals surface area contributed by atoms with E-state index in [1.54, 1.807) is 0 Å². The van der Waals surface area contributed by atoms with Crippen LogP contribution >= 0.6 is 0 Å². The minimum absolute atomic E-state index is 0.0704. The fraction of sp³-hybridized carbons (Fsp3) is 0.183. The summed E-state index contributed by atoms with van der Waals surface area (Å²) in [5.41, 5.74) is 13.9. The summed E-state index contributed by atoms with van der Waals surface area (Å²) in [4.78, 5) is 7.24. The maximum absolute atomic E-state index is 12.0. The lowest BCUT2D eigenvalue weighted by atomic mass is 9.77. The van der Waals surface area contributed by atoms with Gasteiger partial charge in [-0.05, 0) is 114 Å². The molecule has 1 unspecified atom stereocenters. The first-order valence-electron chi connectivity index (χ1n) is 32.8. The standard InChI is InChI=1S/C82H74N10O3/c1-59-54-77(94-57-62-48-52-64(53-49-62)74-43-25-27-45-76(74)80-85-87-89-92(80)82(68-34-16-6-17-35-68,69-36-18-7-19-37-69)70-38-20-8-21-39-70)78(60(2)83-59)95-58-72(93)56-90(71-40-22-9-23-41-71)55-61-46-50-63(51-47-61)73-42-24-26-44-75(73)79-84-86-88-91(79)81(65-28-10-3-11-29-65,66-30-12-4-13-31-66)67-32-14-5-15-33-67/h3-8,10-21,24-39,42-54,71-72,93H,9,22-23,40-41,55-58H2,1-2H3. The molecular weight excluding hydrogens is 1170 g/mol. The molecule has 0 aliphatic heterocycles. The molecule has 1 N–H and O–H groups in total. The van der Waals surface area contributed by atoms with Crippen LogP contribution in [0.2, 0.25) is 0 Å². The van der Waals surface area contributed by atoms with Crippen molar-refractivity contribution in [2.45, 2.75) is 82.3 Å². The third kappa shape index (κ3) is 12.5. The fourth-order valence-electron chi connectivity index (χ4n) is 14.2. The van der Waals surface area contributed by atoms with Crippen molar-refractivity contribution in [1.82, 2.24) is 50.3 Å². The molecule has 1 fully saturated rings. The number of aliphatic hydroxyl groups is 1. The van der Waals surface area contributed by atoms with Gasteiger partial charge in [0, 0.05) is 42.0 Å². The van der Waals surface area contributed by atoms with E-state index in [0.29, 0.717) is 48.0 Å². The van der Waals surface area contributed by atoms with Gasteiger partial charge >= 0.3 is 0 Å². The van der Waals surface area contributed by atoms with Crippen molar-refractivity contribution in [2.75, 3.05) is 13.2 Å². The minimum atomic E-state index is -0.903. The molecule has 470 valence electrons. The van der Waals surface area contributed by atoms with Crippen LogP contribution in [0.1, 0.15) is 88.0 Å². The molecule has 13 nitrogen and oxygen atoms in total. The maximum Gasteiger partial charge on any atom is 0.184 e. The number of aryl methyl sites for hydroxylation is 2. The predicted octanol–water partition coefficient (Wildman–Crippen LogP) is 16.2. The molecule has 1 atom stereocenters. The van der Waals surface area contributed by atoms with E-state index in [1.165, 1.54) is 6.42 Å². The van der Waals surface area contributed by atoms with Crippen LogP contribution in [0.5, 0.6) is 11.5 Å². The number of rotatable bonds is 23. The molecule has 1 aliphatic rings. The van der Waals surface area contributed by atoms with E-state index in [4.69, 9.17) is 35.1 Å². The molecule has 13 heteroatoms. The summed E-state index contributed by atoms with van der Waals surface area (Å²) in [6.45, 7) is 5.36. The van der Waals surface area contributed by atoms with Crippen LogP contribution < -0.4 is 9.47 Å². The Balaban J connectivity index is 0.678. The van der Waals surface area contributed by atoms with Crippen molar-refractivity contribution in [1.29, 1.82) is 0 Å². The molecule has 0 saturated heterocycles. The topological polar surface area (TPSA) is 142 Å². The van der Waals surface area contributed by atoms with Gasteiger partial charge in [0.2, 0.25) is 0 Å². The Bertz CT molecular complexity index is 4430. The Morgan fingerprint density at radius 2 is 0.832 bits per heavy atom. The summed E-state index contributed by atoms with van der Waals surface area (Å²) >= 11 is 0. The van der Waals surface area contributed by atoms with Gasteiger partial charge in [-0.1, -0.05) is 298 Å². The van der Waals surface area contributed by atoms with Crippen LogP contribution in [0.3, 0.4) is 0 Å². The van der Waals surface area contributed by atoms with Crippen molar-refractivity contribution in [2.24, 2.45) is 0 Å². The molecule has 0 bridgehead atoms. The van der Waals surface area contributed by atoms with E-state index in [9.17, 15) is 5.11 Å². The van der Waals surface area contributed by atoms with Crippen LogP contribution in [0.15, 0.2) is 285 Å². The summed E-state index contributed by atoms with van der Waals surface area (Å²) in [6.07, 6.45) is 4.92. The summed E-state index contributed by atoms with van der Waals surface area (Å²) in [7, 11) is 0. The zero-order valence-electron chi connectivity index (χ0n) is 53.4. The van der Waals surface area contributed by atoms with Crippen molar-refractivity contribution < 1.29 is 14.6 Å². The second-order valence-electron chi connectivity index (χ2n) is 24.6. The molecule has 14 rings (SSSR count). The highest BCUT2D eigenvalue weighted by Gasteiger charge is 2.44. The maximum atomic E-state index is 12.0. The first-order valence-corrected chi connectivity index (χ1v) is 32.8. The Morgan fingerprint density at radius 3 is 1.24 bits per heavy atom. The Hall–Kier alpha value is -11.0. The van der Waals surface area contributed by atoms with Gasteiger partial charge in [0.15, 0.2) is 23.1 Å². The molecular formula is C82H74N10O3. The lowest BCUT2D eigenvalue weighted by Crippen LogP contribution is -2.42. The summed E-state index contributed by atoms with van der Waals surface area (Å²) in [6, 6.07) is 99.0. The highest BCUT2D eigenvalue weighted by atomic mass is 16.5. The van der Waals surface area contributed by atoms with E-state index in [2.05, 4.69) is 240 Å². The zero-order chi connectivity index (χ0) is 64.4. The zero-order valence-corrected chi connectivity index (χ0v) is 53.4. The van der Waals surface area contributed by atoms with Gasteiger partial charge in [0.1, 0.15) is 30.4 Å². The van der Waals surface area contributed by atoms with Gasteiger partial charge in [-0.25, -0.2) is 9.36 Å². The van der Waals surface area contributed by atoms with Gasteiger partial charge in [-0.15, -0.1) is 10.2 Å². The molecule has 10 aromatic carbocycles. The van der Waals surface area contributed by atoms with Gasteiger partial charge in [-0.2, -0.15) is 0 Å². The number of hydrogen-bond donors (Lipinski definition) is 1. The number of hydrogen-bond acceptors (Lipinski definition) is 11. The lowest BCUT2D eigenvalue weighted by Gasteiger charge is -2.36. The molecule has 3 heterocycles. The van der Waals surface area contributed by atoms with Gasteiger partial charge in [0.05, 0.1) is 5.69 Å². The smallest absolute Gasteiger partial charge is 0.184 e. The Kier molecular flexibility index (Phi) is 18.2. The number of tetrazole rings is 2. The van der Waals surface area contributed by atoms with Crippen molar-refractivity contribution in [3.63, 3.8) is 0 Å².